The number of carbonyl (C=O) groups is 1. The lowest BCUT2D eigenvalue weighted by Crippen LogP contribution is -2.09. The monoisotopic (exact) mass is 236 g/mol. The van der Waals surface area contributed by atoms with E-state index in [1.54, 1.807) is 11.3 Å². The van der Waals surface area contributed by atoms with Crippen molar-refractivity contribution in [1.29, 1.82) is 0 Å². The van der Waals surface area contributed by atoms with E-state index in [9.17, 15) is 4.79 Å². The topological polar surface area (TPSA) is 55.1 Å². The van der Waals surface area contributed by atoms with Crippen molar-refractivity contribution < 1.29 is 9.90 Å². The van der Waals surface area contributed by atoms with E-state index in [0.717, 1.165) is 11.3 Å². The lowest BCUT2D eigenvalue weighted by molar-refractivity contribution is 0.0684. The highest BCUT2D eigenvalue weighted by molar-refractivity contribution is 7.11. The number of hydrogen-bond acceptors (Lipinski definition) is 3. The predicted octanol–water partition coefficient (Wildman–Crippen LogP) is 2.25. The molecule has 2 heterocycles. The van der Waals surface area contributed by atoms with Crippen LogP contribution < -0.4 is 0 Å². The highest BCUT2D eigenvalue weighted by Crippen LogP contribution is 2.18. The van der Waals surface area contributed by atoms with E-state index in [0.29, 0.717) is 6.54 Å². The molecule has 16 heavy (non-hydrogen) atoms. The molecule has 0 aliphatic rings. The van der Waals surface area contributed by atoms with Crippen molar-refractivity contribution in [3.8, 4) is 0 Å². The molecule has 0 saturated heterocycles. The fourth-order valence-electron chi connectivity index (χ4n) is 1.49. The fourth-order valence-corrected chi connectivity index (χ4v) is 2.43. The summed E-state index contributed by atoms with van der Waals surface area (Å²) in [5, 5.41) is 12.9. The van der Waals surface area contributed by atoms with Gasteiger partial charge in [0, 0.05) is 16.0 Å². The molecule has 0 atom stereocenters. The predicted molar refractivity (Wildman–Crippen MR) is 62.0 cm³/mol. The van der Waals surface area contributed by atoms with Gasteiger partial charge in [-0.1, -0.05) is 6.92 Å². The molecule has 2 aromatic heterocycles. The van der Waals surface area contributed by atoms with Crippen LogP contribution in [0.4, 0.5) is 0 Å². The average Bonchev–Trinajstić information content (AvgIpc) is 2.87. The Morgan fingerprint density at radius 2 is 2.19 bits per heavy atom. The number of aryl methyl sites for hydroxylation is 1. The number of thiophene rings is 1. The molecule has 4 nitrogen and oxygen atoms in total. The Morgan fingerprint density at radius 1 is 1.44 bits per heavy atom. The Hall–Kier alpha value is -1.62. The maximum Gasteiger partial charge on any atom is 0.354 e. The summed E-state index contributed by atoms with van der Waals surface area (Å²) in [5.41, 5.74) is 0.228. The summed E-state index contributed by atoms with van der Waals surface area (Å²) in [6.07, 6.45) is 2.52. The second-order valence-electron chi connectivity index (χ2n) is 3.40. The molecule has 2 rings (SSSR count). The summed E-state index contributed by atoms with van der Waals surface area (Å²) in [7, 11) is 0. The van der Waals surface area contributed by atoms with Crippen molar-refractivity contribution in [2.45, 2.75) is 19.9 Å². The molecule has 0 bridgehead atoms. The summed E-state index contributed by atoms with van der Waals surface area (Å²) in [4.78, 5) is 13.3. The normalized spacial score (nSPS) is 10.6. The van der Waals surface area contributed by atoms with Crippen LogP contribution in [0.1, 0.15) is 27.2 Å². The van der Waals surface area contributed by atoms with Gasteiger partial charge in [0.05, 0.1) is 6.54 Å². The van der Waals surface area contributed by atoms with Gasteiger partial charge in [-0.05, 0) is 24.6 Å². The summed E-state index contributed by atoms with van der Waals surface area (Å²) in [6.45, 7) is 2.63. The Bertz CT molecular complexity index is 502. The summed E-state index contributed by atoms with van der Waals surface area (Å²) >= 11 is 1.70. The Kier molecular flexibility index (Phi) is 3.05. The summed E-state index contributed by atoms with van der Waals surface area (Å²) in [5.74, 6) is -0.940. The van der Waals surface area contributed by atoms with Crippen LogP contribution >= 0.6 is 11.3 Å². The van der Waals surface area contributed by atoms with Gasteiger partial charge in [-0.2, -0.15) is 5.10 Å². The minimum atomic E-state index is -0.940. The molecule has 0 fully saturated rings. The van der Waals surface area contributed by atoms with E-state index in [1.165, 1.54) is 21.8 Å². The van der Waals surface area contributed by atoms with Gasteiger partial charge in [-0.25, -0.2) is 4.79 Å². The number of carboxylic acid groups (broad SMARTS) is 1. The molecule has 5 heteroatoms. The molecule has 1 N–H and O–H groups in total. The maximum absolute atomic E-state index is 10.9. The lowest BCUT2D eigenvalue weighted by Gasteiger charge is -2.01. The van der Waals surface area contributed by atoms with Gasteiger partial charge in [-0.15, -0.1) is 11.3 Å². The highest BCUT2D eigenvalue weighted by Gasteiger charge is 2.10. The molecule has 0 aliphatic heterocycles. The van der Waals surface area contributed by atoms with Gasteiger partial charge >= 0.3 is 5.97 Å². The van der Waals surface area contributed by atoms with Crippen LogP contribution in [0.5, 0.6) is 0 Å². The van der Waals surface area contributed by atoms with E-state index >= 15 is 0 Å². The van der Waals surface area contributed by atoms with E-state index < -0.39 is 5.97 Å². The maximum atomic E-state index is 10.9. The zero-order valence-electron chi connectivity index (χ0n) is 8.88. The van der Waals surface area contributed by atoms with E-state index in [2.05, 4.69) is 18.1 Å². The van der Waals surface area contributed by atoms with Crippen LogP contribution in [-0.2, 0) is 13.0 Å². The zero-order chi connectivity index (χ0) is 11.5. The first-order valence-electron chi connectivity index (χ1n) is 5.03. The molecule has 0 amide bonds. The molecule has 0 aromatic carbocycles. The molecule has 0 radical (unpaired) electrons. The first-order valence-corrected chi connectivity index (χ1v) is 5.85. The first kappa shape index (κ1) is 10.9. The Morgan fingerprint density at radius 3 is 2.81 bits per heavy atom. The molecule has 0 saturated carbocycles. The average molecular weight is 236 g/mol. The van der Waals surface area contributed by atoms with Crippen LogP contribution in [0.2, 0.25) is 0 Å². The Labute approximate surface area is 97.2 Å². The number of aromatic carboxylic acids is 1. The number of rotatable bonds is 4. The fraction of sp³-hybridized carbons (Fsp3) is 0.273. The summed E-state index contributed by atoms with van der Waals surface area (Å²) < 4.78 is 1.51. The van der Waals surface area contributed by atoms with Crippen molar-refractivity contribution in [3.05, 3.63) is 39.8 Å². The van der Waals surface area contributed by atoms with Crippen LogP contribution in [0.15, 0.2) is 24.4 Å². The molecular formula is C11H12N2O2S. The molecule has 0 unspecified atom stereocenters. The standard InChI is InChI=1S/C11H12N2O2S/c1-2-8-3-4-9(16-8)7-13-10(11(14)15)5-6-12-13/h3-6H,2,7H2,1H3,(H,14,15). The van der Waals surface area contributed by atoms with Crippen molar-refractivity contribution in [3.63, 3.8) is 0 Å². The molecular weight excluding hydrogens is 224 g/mol. The van der Waals surface area contributed by atoms with Crippen molar-refractivity contribution >= 4 is 17.3 Å². The lowest BCUT2D eigenvalue weighted by atomic mass is 10.3. The van der Waals surface area contributed by atoms with E-state index in [4.69, 9.17) is 5.11 Å². The van der Waals surface area contributed by atoms with Gasteiger partial charge in [0.1, 0.15) is 5.69 Å². The SMILES string of the molecule is CCc1ccc(Cn2nccc2C(=O)O)s1. The number of aromatic nitrogens is 2. The van der Waals surface area contributed by atoms with E-state index in [-0.39, 0.29) is 5.69 Å². The number of hydrogen-bond donors (Lipinski definition) is 1. The smallest absolute Gasteiger partial charge is 0.354 e. The zero-order valence-corrected chi connectivity index (χ0v) is 9.70. The van der Waals surface area contributed by atoms with Gasteiger partial charge in [-0.3, -0.25) is 4.68 Å². The first-order chi connectivity index (χ1) is 7.70. The third-order valence-corrected chi connectivity index (χ3v) is 3.52. The molecule has 0 aliphatic carbocycles. The largest absolute Gasteiger partial charge is 0.477 e. The van der Waals surface area contributed by atoms with Gasteiger partial charge in [0.2, 0.25) is 0 Å². The van der Waals surface area contributed by atoms with Crippen LogP contribution in [0, 0.1) is 0 Å². The van der Waals surface area contributed by atoms with Crippen molar-refractivity contribution in [2.75, 3.05) is 0 Å². The molecule has 0 spiro atoms. The highest BCUT2D eigenvalue weighted by atomic mass is 32.1. The van der Waals surface area contributed by atoms with Crippen LogP contribution in [0.25, 0.3) is 0 Å². The van der Waals surface area contributed by atoms with Gasteiger partial charge < -0.3 is 5.11 Å². The molecule has 84 valence electrons. The second-order valence-corrected chi connectivity index (χ2v) is 4.65. The van der Waals surface area contributed by atoms with Crippen LogP contribution in [0.3, 0.4) is 0 Å². The van der Waals surface area contributed by atoms with Crippen LogP contribution in [-0.4, -0.2) is 20.9 Å². The minimum absolute atomic E-state index is 0.228. The van der Waals surface area contributed by atoms with Crippen molar-refractivity contribution in [1.82, 2.24) is 9.78 Å². The van der Waals surface area contributed by atoms with E-state index in [1.807, 2.05) is 6.07 Å². The molecule has 2 aromatic rings. The third kappa shape index (κ3) is 2.14. The third-order valence-electron chi connectivity index (χ3n) is 2.31. The summed E-state index contributed by atoms with van der Waals surface area (Å²) in [6, 6.07) is 5.61. The van der Waals surface area contributed by atoms with Crippen molar-refractivity contribution in [2.24, 2.45) is 0 Å². The van der Waals surface area contributed by atoms with Gasteiger partial charge in [0.25, 0.3) is 0 Å². The minimum Gasteiger partial charge on any atom is -0.477 e. The second kappa shape index (κ2) is 4.49. The quantitative estimate of drug-likeness (QED) is 0.885. The number of nitrogens with zero attached hydrogens (tertiary/aromatic N) is 2. The van der Waals surface area contributed by atoms with Gasteiger partial charge in [0.15, 0.2) is 0 Å². The Balaban J connectivity index is 2.20. The number of carboxylic acids is 1.